The van der Waals surface area contributed by atoms with Crippen LogP contribution in [0.2, 0.25) is 0 Å². The Bertz CT molecular complexity index is 525. The Morgan fingerprint density at radius 3 is 2.45 bits per heavy atom. The summed E-state index contributed by atoms with van der Waals surface area (Å²) in [7, 11) is 1.54. The SMILES string of the molecule is CCC(CC(=O)Nc1cc(COC)cc(C(=O)O)c1)C(C)C. The average molecular weight is 307 g/mol. The topological polar surface area (TPSA) is 75.6 Å². The van der Waals surface area contributed by atoms with Crippen LogP contribution in [0.3, 0.4) is 0 Å². The number of benzene rings is 1. The van der Waals surface area contributed by atoms with Crippen molar-refractivity contribution < 1.29 is 19.4 Å². The first-order valence-electron chi connectivity index (χ1n) is 7.53. The van der Waals surface area contributed by atoms with E-state index >= 15 is 0 Å². The highest BCUT2D eigenvalue weighted by atomic mass is 16.5. The molecule has 0 heterocycles. The highest BCUT2D eigenvalue weighted by Crippen LogP contribution is 2.21. The Morgan fingerprint density at radius 1 is 1.27 bits per heavy atom. The van der Waals surface area contributed by atoms with Crippen LogP contribution >= 0.6 is 0 Å². The van der Waals surface area contributed by atoms with E-state index in [-0.39, 0.29) is 11.5 Å². The number of anilines is 1. The van der Waals surface area contributed by atoms with Crippen LogP contribution in [0.1, 0.15) is 49.5 Å². The number of ether oxygens (including phenoxy) is 1. The average Bonchev–Trinajstić information content (AvgIpc) is 2.44. The summed E-state index contributed by atoms with van der Waals surface area (Å²) in [6.45, 7) is 6.57. The Morgan fingerprint density at radius 2 is 1.95 bits per heavy atom. The lowest BCUT2D eigenvalue weighted by molar-refractivity contribution is -0.117. The predicted molar refractivity (Wildman–Crippen MR) is 86.0 cm³/mol. The van der Waals surface area contributed by atoms with Gasteiger partial charge in [0.2, 0.25) is 5.91 Å². The maximum Gasteiger partial charge on any atom is 0.335 e. The van der Waals surface area contributed by atoms with E-state index in [0.29, 0.717) is 36.1 Å². The Balaban J connectivity index is 2.87. The summed E-state index contributed by atoms with van der Waals surface area (Å²) in [4.78, 5) is 23.3. The van der Waals surface area contributed by atoms with E-state index < -0.39 is 5.97 Å². The monoisotopic (exact) mass is 307 g/mol. The van der Waals surface area contributed by atoms with Crippen LogP contribution in [0.15, 0.2) is 18.2 Å². The van der Waals surface area contributed by atoms with Gasteiger partial charge in [-0.25, -0.2) is 4.79 Å². The number of amides is 1. The minimum atomic E-state index is -1.03. The summed E-state index contributed by atoms with van der Waals surface area (Å²) in [6.07, 6.45) is 1.38. The molecular weight excluding hydrogens is 282 g/mol. The van der Waals surface area contributed by atoms with E-state index in [1.807, 2.05) is 0 Å². The lowest BCUT2D eigenvalue weighted by atomic mass is 9.90. The molecule has 1 aromatic carbocycles. The molecule has 122 valence electrons. The number of carbonyl (C=O) groups excluding carboxylic acids is 1. The fourth-order valence-electron chi connectivity index (χ4n) is 2.44. The van der Waals surface area contributed by atoms with E-state index in [0.717, 1.165) is 6.42 Å². The van der Waals surface area contributed by atoms with Crippen LogP contribution in [-0.2, 0) is 16.1 Å². The zero-order valence-corrected chi connectivity index (χ0v) is 13.7. The molecule has 0 bridgehead atoms. The van der Waals surface area contributed by atoms with Crippen LogP contribution in [0.4, 0.5) is 5.69 Å². The van der Waals surface area contributed by atoms with Gasteiger partial charge in [-0.3, -0.25) is 4.79 Å². The summed E-state index contributed by atoms with van der Waals surface area (Å²) in [5, 5.41) is 11.9. The van der Waals surface area contributed by atoms with Gasteiger partial charge in [0, 0.05) is 19.2 Å². The van der Waals surface area contributed by atoms with Crippen molar-refractivity contribution >= 4 is 17.6 Å². The predicted octanol–water partition coefficient (Wildman–Crippen LogP) is 3.54. The third-order valence-electron chi connectivity index (χ3n) is 3.75. The van der Waals surface area contributed by atoms with Crippen molar-refractivity contribution in [3.8, 4) is 0 Å². The molecule has 0 radical (unpaired) electrons. The molecule has 0 fully saturated rings. The van der Waals surface area contributed by atoms with Crippen LogP contribution in [-0.4, -0.2) is 24.1 Å². The zero-order chi connectivity index (χ0) is 16.7. The lowest BCUT2D eigenvalue weighted by Crippen LogP contribution is -2.19. The van der Waals surface area contributed by atoms with E-state index in [9.17, 15) is 9.59 Å². The molecule has 0 aromatic heterocycles. The first-order valence-corrected chi connectivity index (χ1v) is 7.53. The second-order valence-corrected chi connectivity index (χ2v) is 5.82. The van der Waals surface area contributed by atoms with Crippen molar-refractivity contribution in [2.45, 2.75) is 40.2 Å². The Labute approximate surface area is 131 Å². The summed E-state index contributed by atoms with van der Waals surface area (Å²) in [5.41, 5.74) is 1.35. The number of nitrogens with one attached hydrogen (secondary N) is 1. The number of rotatable bonds is 8. The second kappa shape index (κ2) is 8.54. The molecule has 0 aliphatic rings. The fraction of sp³-hybridized carbons (Fsp3) is 0.529. The Kier molecular flexibility index (Phi) is 7.05. The normalized spacial score (nSPS) is 12.2. The smallest absolute Gasteiger partial charge is 0.335 e. The molecule has 1 unspecified atom stereocenters. The first kappa shape index (κ1) is 18.2. The summed E-state index contributed by atoms with van der Waals surface area (Å²) >= 11 is 0. The highest BCUT2D eigenvalue weighted by Gasteiger charge is 2.16. The molecule has 0 aliphatic heterocycles. The molecule has 2 N–H and O–H groups in total. The van der Waals surface area contributed by atoms with Gasteiger partial charge in [-0.2, -0.15) is 0 Å². The van der Waals surface area contributed by atoms with Crippen molar-refractivity contribution in [2.24, 2.45) is 11.8 Å². The number of aromatic carboxylic acids is 1. The van der Waals surface area contributed by atoms with Crippen LogP contribution < -0.4 is 5.32 Å². The van der Waals surface area contributed by atoms with E-state index in [1.165, 1.54) is 6.07 Å². The molecular formula is C17H25NO4. The van der Waals surface area contributed by atoms with Gasteiger partial charge in [-0.15, -0.1) is 0 Å². The molecule has 5 heteroatoms. The van der Waals surface area contributed by atoms with Gasteiger partial charge in [0.15, 0.2) is 0 Å². The van der Waals surface area contributed by atoms with E-state index in [4.69, 9.17) is 9.84 Å². The molecule has 0 spiro atoms. The minimum absolute atomic E-state index is 0.0912. The fourth-order valence-corrected chi connectivity index (χ4v) is 2.44. The van der Waals surface area contributed by atoms with Gasteiger partial charge < -0.3 is 15.2 Å². The molecule has 1 aromatic rings. The van der Waals surface area contributed by atoms with Gasteiger partial charge in [0.25, 0.3) is 0 Å². The standard InChI is InChI=1S/C17H25NO4/c1-5-13(11(2)3)9-16(19)18-15-7-12(10-22-4)6-14(8-15)17(20)21/h6-8,11,13H,5,9-10H2,1-4H3,(H,18,19)(H,20,21). The number of carboxylic acids is 1. The van der Waals surface area contributed by atoms with Gasteiger partial charge in [-0.1, -0.05) is 27.2 Å². The number of hydrogen-bond acceptors (Lipinski definition) is 3. The summed E-state index contributed by atoms with van der Waals surface area (Å²) in [5.74, 6) is -0.361. The molecule has 0 saturated heterocycles. The molecule has 5 nitrogen and oxygen atoms in total. The molecule has 1 atom stereocenters. The third kappa shape index (κ3) is 5.48. The van der Waals surface area contributed by atoms with Crippen LogP contribution in [0.25, 0.3) is 0 Å². The Hall–Kier alpha value is -1.88. The largest absolute Gasteiger partial charge is 0.478 e. The molecule has 22 heavy (non-hydrogen) atoms. The first-order chi connectivity index (χ1) is 10.4. The van der Waals surface area contributed by atoms with Crippen molar-refractivity contribution in [2.75, 3.05) is 12.4 Å². The molecule has 1 rings (SSSR count). The summed E-state index contributed by atoms with van der Waals surface area (Å²) in [6, 6.07) is 4.75. The van der Waals surface area contributed by atoms with Gasteiger partial charge in [0.05, 0.1) is 12.2 Å². The second-order valence-electron chi connectivity index (χ2n) is 5.82. The van der Waals surface area contributed by atoms with Crippen molar-refractivity contribution in [3.05, 3.63) is 29.3 Å². The zero-order valence-electron chi connectivity index (χ0n) is 13.7. The molecule has 0 aliphatic carbocycles. The van der Waals surface area contributed by atoms with Gasteiger partial charge >= 0.3 is 5.97 Å². The number of hydrogen-bond donors (Lipinski definition) is 2. The van der Waals surface area contributed by atoms with Gasteiger partial charge in [0.1, 0.15) is 0 Å². The van der Waals surface area contributed by atoms with Crippen molar-refractivity contribution in [1.29, 1.82) is 0 Å². The maximum atomic E-state index is 12.1. The van der Waals surface area contributed by atoms with Crippen molar-refractivity contribution in [3.63, 3.8) is 0 Å². The quantitative estimate of drug-likeness (QED) is 0.770. The number of methoxy groups -OCH3 is 1. The van der Waals surface area contributed by atoms with Crippen LogP contribution in [0.5, 0.6) is 0 Å². The van der Waals surface area contributed by atoms with Gasteiger partial charge in [-0.05, 0) is 35.6 Å². The maximum absolute atomic E-state index is 12.1. The van der Waals surface area contributed by atoms with Crippen LogP contribution in [0, 0.1) is 11.8 Å². The van der Waals surface area contributed by atoms with Crippen molar-refractivity contribution in [1.82, 2.24) is 0 Å². The van der Waals surface area contributed by atoms with E-state index in [1.54, 1.807) is 19.2 Å². The molecule has 1 amide bonds. The van der Waals surface area contributed by atoms with E-state index in [2.05, 4.69) is 26.1 Å². The number of carbonyl (C=O) groups is 2. The third-order valence-corrected chi connectivity index (χ3v) is 3.75. The lowest BCUT2D eigenvalue weighted by Gasteiger charge is -2.18. The highest BCUT2D eigenvalue weighted by molar-refractivity contribution is 5.94. The summed E-state index contributed by atoms with van der Waals surface area (Å²) < 4.78 is 5.03. The molecule has 0 saturated carbocycles. The number of carboxylic acid groups (broad SMARTS) is 1. The minimum Gasteiger partial charge on any atom is -0.478 e.